The predicted molar refractivity (Wildman–Crippen MR) is 60.5 cm³/mol. The fourth-order valence-corrected chi connectivity index (χ4v) is 1.74. The molecule has 0 saturated heterocycles. The molecular formula is C10H16N4O2. The third kappa shape index (κ3) is 1.75. The average molecular weight is 224 g/mol. The molecule has 0 amide bonds. The first kappa shape index (κ1) is 10.9. The second-order valence-corrected chi connectivity index (χ2v) is 4.56. The predicted octanol–water partition coefficient (Wildman–Crippen LogP) is 1.86. The highest BCUT2D eigenvalue weighted by Crippen LogP contribution is 2.41. The molecule has 1 aromatic heterocycles. The van der Waals surface area contributed by atoms with Crippen molar-refractivity contribution in [1.29, 1.82) is 0 Å². The lowest BCUT2D eigenvalue weighted by Crippen LogP contribution is -2.19. The van der Waals surface area contributed by atoms with Crippen LogP contribution in [0.3, 0.4) is 0 Å². The molecule has 1 heterocycles. The molecular weight excluding hydrogens is 208 g/mol. The van der Waals surface area contributed by atoms with Gasteiger partial charge in [-0.3, -0.25) is 10.1 Å². The Balaban J connectivity index is 2.41. The van der Waals surface area contributed by atoms with Crippen molar-refractivity contribution in [2.45, 2.75) is 38.6 Å². The zero-order chi connectivity index (χ0) is 11.9. The highest BCUT2D eigenvalue weighted by Gasteiger charge is 2.40. The number of hydrogen-bond donors (Lipinski definition) is 1. The summed E-state index contributed by atoms with van der Waals surface area (Å²) in [6.45, 7) is 3.94. The van der Waals surface area contributed by atoms with Gasteiger partial charge in [0.2, 0.25) is 5.82 Å². The molecule has 0 spiro atoms. The molecule has 1 saturated carbocycles. The number of aryl methyl sites for hydroxylation is 2. The van der Waals surface area contributed by atoms with E-state index < -0.39 is 0 Å². The van der Waals surface area contributed by atoms with E-state index in [0.29, 0.717) is 17.9 Å². The summed E-state index contributed by atoms with van der Waals surface area (Å²) in [5.41, 5.74) is 0.682. The van der Waals surface area contributed by atoms with Crippen LogP contribution in [-0.4, -0.2) is 20.2 Å². The van der Waals surface area contributed by atoms with Gasteiger partial charge in [-0.25, -0.2) is 4.68 Å². The molecule has 0 bridgehead atoms. The Hall–Kier alpha value is -1.59. The summed E-state index contributed by atoms with van der Waals surface area (Å²) >= 11 is 0. The Labute approximate surface area is 93.8 Å². The van der Waals surface area contributed by atoms with Crippen molar-refractivity contribution in [2.24, 2.45) is 7.05 Å². The first-order valence-electron chi connectivity index (χ1n) is 5.45. The van der Waals surface area contributed by atoms with Crippen molar-refractivity contribution in [1.82, 2.24) is 9.78 Å². The van der Waals surface area contributed by atoms with Crippen LogP contribution in [0, 0.1) is 10.1 Å². The molecule has 16 heavy (non-hydrogen) atoms. The summed E-state index contributed by atoms with van der Waals surface area (Å²) in [6, 6.07) is 0. The van der Waals surface area contributed by atoms with E-state index in [1.54, 1.807) is 11.7 Å². The van der Waals surface area contributed by atoms with Gasteiger partial charge in [0.05, 0.1) is 4.92 Å². The van der Waals surface area contributed by atoms with E-state index in [2.05, 4.69) is 17.3 Å². The highest BCUT2D eigenvalue weighted by atomic mass is 16.6. The summed E-state index contributed by atoms with van der Waals surface area (Å²) in [5, 5.41) is 18.4. The maximum Gasteiger partial charge on any atom is 0.333 e. The van der Waals surface area contributed by atoms with E-state index in [-0.39, 0.29) is 16.1 Å². The molecule has 1 aliphatic carbocycles. The van der Waals surface area contributed by atoms with Crippen molar-refractivity contribution < 1.29 is 4.92 Å². The van der Waals surface area contributed by atoms with Crippen LogP contribution in [-0.2, 0) is 13.5 Å². The standard InChI is InChI=1S/C10H16N4O2/c1-4-7-8(14(15)16)9(13(3)12-7)11-10(2)5-6-10/h11H,4-6H2,1-3H3. The fraction of sp³-hybridized carbons (Fsp3) is 0.700. The number of rotatable bonds is 4. The molecule has 0 atom stereocenters. The van der Waals surface area contributed by atoms with E-state index in [1.165, 1.54) is 0 Å². The quantitative estimate of drug-likeness (QED) is 0.625. The Morgan fingerprint density at radius 2 is 2.25 bits per heavy atom. The summed E-state index contributed by atoms with van der Waals surface area (Å²) in [6.07, 6.45) is 2.68. The molecule has 1 N–H and O–H groups in total. The Morgan fingerprint density at radius 1 is 1.62 bits per heavy atom. The fourth-order valence-electron chi connectivity index (χ4n) is 1.74. The lowest BCUT2D eigenvalue weighted by Gasteiger charge is -2.11. The Bertz CT molecular complexity index is 434. The normalized spacial score (nSPS) is 17.2. The van der Waals surface area contributed by atoms with Gasteiger partial charge >= 0.3 is 5.69 Å². The number of anilines is 1. The van der Waals surface area contributed by atoms with Gasteiger partial charge in [-0.1, -0.05) is 6.92 Å². The first-order chi connectivity index (χ1) is 7.47. The Morgan fingerprint density at radius 3 is 2.69 bits per heavy atom. The summed E-state index contributed by atoms with van der Waals surface area (Å²) in [5.74, 6) is 0.529. The van der Waals surface area contributed by atoms with Crippen LogP contribution in [0.15, 0.2) is 0 Å². The third-order valence-corrected chi connectivity index (χ3v) is 3.03. The van der Waals surface area contributed by atoms with Gasteiger partial charge in [0.1, 0.15) is 5.69 Å². The van der Waals surface area contributed by atoms with Gasteiger partial charge in [0, 0.05) is 12.6 Å². The van der Waals surface area contributed by atoms with Crippen molar-refractivity contribution in [3.8, 4) is 0 Å². The first-order valence-corrected chi connectivity index (χ1v) is 5.45. The van der Waals surface area contributed by atoms with Gasteiger partial charge < -0.3 is 5.32 Å². The minimum absolute atomic E-state index is 0.0174. The zero-order valence-electron chi connectivity index (χ0n) is 9.78. The van der Waals surface area contributed by atoms with Gasteiger partial charge in [-0.15, -0.1) is 0 Å². The Kier molecular flexibility index (Phi) is 2.36. The average Bonchev–Trinajstić information content (AvgIpc) is 2.84. The molecule has 0 aliphatic heterocycles. The van der Waals surface area contributed by atoms with E-state index in [4.69, 9.17) is 0 Å². The topological polar surface area (TPSA) is 73.0 Å². The molecule has 1 aromatic rings. The molecule has 0 radical (unpaired) electrons. The van der Waals surface area contributed by atoms with Crippen molar-refractivity contribution in [3.05, 3.63) is 15.8 Å². The lowest BCUT2D eigenvalue weighted by molar-refractivity contribution is -0.384. The number of aromatic nitrogens is 2. The molecule has 1 aliphatic rings. The second kappa shape index (κ2) is 3.47. The largest absolute Gasteiger partial charge is 0.359 e. The molecule has 6 nitrogen and oxygen atoms in total. The zero-order valence-corrected chi connectivity index (χ0v) is 9.78. The van der Waals surface area contributed by atoms with Crippen molar-refractivity contribution in [3.63, 3.8) is 0 Å². The molecule has 0 unspecified atom stereocenters. The number of hydrogen-bond acceptors (Lipinski definition) is 4. The van der Waals surface area contributed by atoms with Crippen LogP contribution in [0.25, 0.3) is 0 Å². The van der Waals surface area contributed by atoms with Crippen LogP contribution >= 0.6 is 0 Å². The molecule has 88 valence electrons. The van der Waals surface area contributed by atoms with Crippen LogP contribution in [0.1, 0.15) is 32.4 Å². The van der Waals surface area contributed by atoms with Gasteiger partial charge in [0.25, 0.3) is 0 Å². The van der Waals surface area contributed by atoms with Crippen molar-refractivity contribution in [2.75, 3.05) is 5.32 Å². The van der Waals surface area contributed by atoms with Gasteiger partial charge in [-0.05, 0) is 26.2 Å². The smallest absolute Gasteiger partial charge is 0.333 e. The van der Waals surface area contributed by atoms with Crippen LogP contribution in [0.5, 0.6) is 0 Å². The number of nitrogens with one attached hydrogen (secondary N) is 1. The van der Waals surface area contributed by atoms with Crippen LogP contribution in [0.2, 0.25) is 0 Å². The highest BCUT2D eigenvalue weighted by molar-refractivity contribution is 5.61. The molecule has 2 rings (SSSR count). The molecule has 6 heteroatoms. The van der Waals surface area contributed by atoms with E-state index >= 15 is 0 Å². The third-order valence-electron chi connectivity index (χ3n) is 3.03. The minimum Gasteiger partial charge on any atom is -0.359 e. The maximum atomic E-state index is 11.0. The lowest BCUT2D eigenvalue weighted by atomic mass is 10.2. The van der Waals surface area contributed by atoms with Crippen molar-refractivity contribution >= 4 is 11.5 Å². The van der Waals surface area contributed by atoms with Crippen LogP contribution in [0.4, 0.5) is 11.5 Å². The van der Waals surface area contributed by atoms with E-state index in [9.17, 15) is 10.1 Å². The summed E-state index contributed by atoms with van der Waals surface area (Å²) in [4.78, 5) is 10.7. The second-order valence-electron chi connectivity index (χ2n) is 4.56. The van der Waals surface area contributed by atoms with E-state index in [1.807, 2.05) is 6.92 Å². The maximum absolute atomic E-state index is 11.0. The summed E-state index contributed by atoms with van der Waals surface area (Å²) < 4.78 is 1.57. The van der Waals surface area contributed by atoms with Crippen LogP contribution < -0.4 is 5.32 Å². The summed E-state index contributed by atoms with van der Waals surface area (Å²) in [7, 11) is 1.74. The number of nitrogens with zero attached hydrogens (tertiary/aromatic N) is 3. The van der Waals surface area contributed by atoms with Gasteiger partial charge in [0.15, 0.2) is 0 Å². The number of nitro groups is 1. The van der Waals surface area contributed by atoms with E-state index in [0.717, 1.165) is 12.8 Å². The minimum atomic E-state index is -0.347. The monoisotopic (exact) mass is 224 g/mol. The van der Waals surface area contributed by atoms with Gasteiger partial charge in [-0.2, -0.15) is 5.10 Å². The molecule has 0 aromatic carbocycles. The SMILES string of the molecule is CCc1nn(C)c(NC2(C)CC2)c1[N+](=O)[O-]. The molecule has 1 fully saturated rings.